The van der Waals surface area contributed by atoms with Crippen molar-refractivity contribution in [1.82, 2.24) is 0 Å². The monoisotopic (exact) mass is 274 g/mol. The summed E-state index contributed by atoms with van der Waals surface area (Å²) in [5, 5.41) is 2.97. The highest BCUT2D eigenvalue weighted by molar-refractivity contribution is 7.80. The van der Waals surface area contributed by atoms with Crippen molar-refractivity contribution < 1.29 is 0 Å². The zero-order valence-corrected chi connectivity index (χ0v) is 12.3. The molecule has 0 aliphatic rings. The van der Waals surface area contributed by atoms with Crippen LogP contribution in [0.3, 0.4) is 0 Å². The van der Waals surface area contributed by atoms with E-state index in [0.29, 0.717) is 0 Å². The van der Waals surface area contributed by atoms with Crippen LogP contribution in [0.4, 0.5) is 0 Å². The average molecular weight is 274 g/mol. The third-order valence-corrected chi connectivity index (χ3v) is 5.85. The van der Waals surface area contributed by atoms with Gasteiger partial charge in [0, 0.05) is 0 Å². The molecule has 0 saturated heterocycles. The summed E-state index contributed by atoms with van der Waals surface area (Å²) in [7, 11) is -0.196. The van der Waals surface area contributed by atoms with E-state index in [-0.39, 0.29) is 7.92 Å². The summed E-state index contributed by atoms with van der Waals surface area (Å²) < 4.78 is 0. The molecule has 0 nitrogen and oxygen atoms in total. The van der Waals surface area contributed by atoms with E-state index in [0.717, 1.165) is 5.75 Å². The van der Waals surface area contributed by atoms with Crippen molar-refractivity contribution in [3.63, 3.8) is 0 Å². The number of benzene rings is 2. The van der Waals surface area contributed by atoms with Crippen LogP contribution in [-0.4, -0.2) is 11.9 Å². The molecule has 0 aromatic heterocycles. The molecule has 0 amide bonds. The Bertz CT molecular complexity index is 402. The number of hydrogen-bond acceptors (Lipinski definition) is 1. The first-order chi connectivity index (χ1) is 8.92. The van der Waals surface area contributed by atoms with E-state index in [9.17, 15) is 0 Å². The van der Waals surface area contributed by atoms with Crippen LogP contribution in [0.25, 0.3) is 0 Å². The molecular formula is C16H19PS. The Labute approximate surface area is 117 Å². The Hall–Kier alpha value is -0.780. The van der Waals surface area contributed by atoms with Gasteiger partial charge in [-0.1, -0.05) is 60.7 Å². The average Bonchev–Trinajstić information content (AvgIpc) is 2.46. The van der Waals surface area contributed by atoms with Crippen LogP contribution >= 0.6 is 20.6 Å². The molecule has 2 heteroatoms. The zero-order chi connectivity index (χ0) is 12.6. The van der Waals surface area contributed by atoms with E-state index >= 15 is 0 Å². The van der Waals surface area contributed by atoms with Crippen LogP contribution in [0.2, 0.25) is 0 Å². The molecular weight excluding hydrogens is 255 g/mol. The molecule has 0 N–H and O–H groups in total. The van der Waals surface area contributed by atoms with Crippen molar-refractivity contribution in [3.05, 3.63) is 60.7 Å². The van der Waals surface area contributed by atoms with Gasteiger partial charge >= 0.3 is 0 Å². The molecule has 0 bridgehead atoms. The first-order valence-electron chi connectivity index (χ1n) is 6.40. The summed E-state index contributed by atoms with van der Waals surface area (Å²) in [5.74, 6) is 0.993. The van der Waals surface area contributed by atoms with Gasteiger partial charge in [-0.15, -0.1) is 0 Å². The fourth-order valence-electron chi connectivity index (χ4n) is 2.00. The molecule has 0 aliphatic heterocycles. The minimum atomic E-state index is -0.196. The third-order valence-electron chi connectivity index (χ3n) is 2.93. The fraction of sp³-hybridized carbons (Fsp3) is 0.250. The lowest BCUT2D eigenvalue weighted by molar-refractivity contribution is 0.907. The highest BCUT2D eigenvalue weighted by atomic mass is 32.1. The number of thiol groups is 1. The van der Waals surface area contributed by atoms with E-state index in [4.69, 9.17) is 0 Å². The van der Waals surface area contributed by atoms with Gasteiger partial charge < -0.3 is 0 Å². The predicted octanol–water partition coefficient (Wildman–Crippen LogP) is 3.83. The second kappa shape index (κ2) is 7.61. The third kappa shape index (κ3) is 3.86. The van der Waals surface area contributed by atoms with Crippen molar-refractivity contribution in [3.8, 4) is 0 Å². The lowest BCUT2D eigenvalue weighted by Crippen LogP contribution is -2.13. The molecule has 0 spiro atoms. The van der Waals surface area contributed by atoms with E-state index in [2.05, 4.69) is 73.3 Å². The lowest BCUT2D eigenvalue weighted by atomic mass is 10.4. The molecule has 2 aromatic rings. The standard InChI is InChI=1S/C16H19PS/c18-14-8-7-13-17(15-9-3-1-4-10-15)16-11-5-2-6-12-16/h1-6,9-12,18H,7-8,13-14H2. The molecule has 0 saturated carbocycles. The number of unbranched alkanes of at least 4 members (excludes halogenated alkanes) is 1. The Morgan fingerprint density at radius 3 is 1.67 bits per heavy atom. The van der Waals surface area contributed by atoms with Crippen LogP contribution in [0.1, 0.15) is 12.8 Å². The molecule has 0 radical (unpaired) electrons. The van der Waals surface area contributed by atoms with Crippen molar-refractivity contribution >= 4 is 31.2 Å². The SMILES string of the molecule is SCCCCP(c1ccccc1)c1ccccc1. The summed E-state index contributed by atoms with van der Waals surface area (Å²) in [6, 6.07) is 21.8. The van der Waals surface area contributed by atoms with E-state index < -0.39 is 0 Å². The molecule has 2 aromatic carbocycles. The summed E-state index contributed by atoms with van der Waals surface area (Å²) >= 11 is 4.31. The van der Waals surface area contributed by atoms with Crippen LogP contribution in [-0.2, 0) is 0 Å². The molecule has 0 atom stereocenters. The maximum atomic E-state index is 4.31. The molecule has 0 unspecified atom stereocenters. The second-order valence-electron chi connectivity index (χ2n) is 4.25. The van der Waals surface area contributed by atoms with Gasteiger partial charge in [-0.25, -0.2) is 0 Å². The van der Waals surface area contributed by atoms with Crippen LogP contribution < -0.4 is 10.6 Å². The Kier molecular flexibility index (Phi) is 5.77. The Morgan fingerprint density at radius 2 is 1.22 bits per heavy atom. The van der Waals surface area contributed by atoms with Crippen molar-refractivity contribution in [2.45, 2.75) is 12.8 Å². The zero-order valence-electron chi connectivity index (χ0n) is 10.5. The van der Waals surface area contributed by atoms with E-state index in [1.54, 1.807) is 0 Å². The first-order valence-corrected chi connectivity index (χ1v) is 8.56. The van der Waals surface area contributed by atoms with Gasteiger partial charge in [0.25, 0.3) is 0 Å². The van der Waals surface area contributed by atoms with Gasteiger partial charge in [0.1, 0.15) is 0 Å². The van der Waals surface area contributed by atoms with Gasteiger partial charge in [0.2, 0.25) is 0 Å². The van der Waals surface area contributed by atoms with Gasteiger partial charge in [-0.05, 0) is 43.3 Å². The van der Waals surface area contributed by atoms with Gasteiger partial charge in [-0.3, -0.25) is 0 Å². The van der Waals surface area contributed by atoms with Crippen molar-refractivity contribution in [2.24, 2.45) is 0 Å². The second-order valence-corrected chi connectivity index (χ2v) is 7.04. The summed E-state index contributed by atoms with van der Waals surface area (Å²) in [6.45, 7) is 0. The normalized spacial score (nSPS) is 10.8. The van der Waals surface area contributed by atoms with Crippen LogP contribution in [0.15, 0.2) is 60.7 Å². The molecule has 0 fully saturated rings. The fourth-order valence-corrected chi connectivity index (χ4v) is 4.65. The van der Waals surface area contributed by atoms with E-state index in [1.807, 2.05) is 0 Å². The van der Waals surface area contributed by atoms with Crippen LogP contribution in [0.5, 0.6) is 0 Å². The lowest BCUT2D eigenvalue weighted by Gasteiger charge is -2.18. The molecule has 94 valence electrons. The van der Waals surface area contributed by atoms with Gasteiger partial charge in [0.05, 0.1) is 0 Å². The maximum absolute atomic E-state index is 4.31. The highest BCUT2D eigenvalue weighted by Gasteiger charge is 2.12. The smallest absolute Gasteiger partial charge is 0.00978 e. The molecule has 2 rings (SSSR count). The summed E-state index contributed by atoms with van der Waals surface area (Å²) in [5.41, 5.74) is 0. The molecule has 0 heterocycles. The number of rotatable bonds is 6. The minimum absolute atomic E-state index is 0.196. The molecule has 0 aliphatic carbocycles. The predicted molar refractivity (Wildman–Crippen MR) is 87.0 cm³/mol. The minimum Gasteiger partial charge on any atom is -0.179 e. The highest BCUT2D eigenvalue weighted by Crippen LogP contribution is 2.34. The Balaban J connectivity index is 2.18. The quantitative estimate of drug-likeness (QED) is 0.462. The molecule has 18 heavy (non-hydrogen) atoms. The topological polar surface area (TPSA) is 0 Å². The number of hydrogen-bond donors (Lipinski definition) is 1. The Morgan fingerprint density at radius 1 is 0.722 bits per heavy atom. The maximum Gasteiger partial charge on any atom is -0.00978 e. The summed E-state index contributed by atoms with van der Waals surface area (Å²) in [4.78, 5) is 0. The largest absolute Gasteiger partial charge is 0.179 e. The van der Waals surface area contributed by atoms with Crippen molar-refractivity contribution in [2.75, 3.05) is 11.9 Å². The summed E-state index contributed by atoms with van der Waals surface area (Å²) in [6.07, 6.45) is 3.74. The van der Waals surface area contributed by atoms with Crippen molar-refractivity contribution in [1.29, 1.82) is 0 Å². The van der Waals surface area contributed by atoms with Gasteiger partial charge in [0.15, 0.2) is 0 Å². The first kappa shape index (κ1) is 13.6. The van der Waals surface area contributed by atoms with Gasteiger partial charge in [-0.2, -0.15) is 12.6 Å². The van der Waals surface area contributed by atoms with E-state index in [1.165, 1.54) is 29.6 Å². The van der Waals surface area contributed by atoms with Crippen LogP contribution in [0, 0.1) is 0 Å².